The quantitative estimate of drug-likeness (QED) is 0.608. The van der Waals surface area contributed by atoms with E-state index in [1.54, 1.807) is 12.1 Å². The first kappa shape index (κ1) is 16.2. The van der Waals surface area contributed by atoms with Crippen molar-refractivity contribution in [3.63, 3.8) is 0 Å². The Labute approximate surface area is 122 Å². The molecule has 0 aliphatic heterocycles. The van der Waals surface area contributed by atoms with Crippen molar-refractivity contribution in [1.82, 2.24) is 5.32 Å². The number of halogens is 1. The number of benzene rings is 1. The Hall–Kier alpha value is -0.880. The van der Waals surface area contributed by atoms with Crippen LogP contribution in [0.3, 0.4) is 0 Å². The number of hydrogen-bond donors (Lipinski definition) is 1. The predicted octanol–water partition coefficient (Wildman–Crippen LogP) is 2.39. The lowest BCUT2D eigenvalue weighted by Gasteiger charge is -2.06. The van der Waals surface area contributed by atoms with Crippen LogP contribution in [0.5, 0.6) is 0 Å². The first-order valence-corrected chi connectivity index (χ1v) is 9.10. The first-order valence-electron chi connectivity index (χ1n) is 6.09. The molecule has 1 N–H and O–H groups in total. The molecule has 0 radical (unpaired) electrons. The fourth-order valence-electron chi connectivity index (χ4n) is 1.57. The summed E-state index contributed by atoms with van der Waals surface area (Å²) >= 11 is 3.35. The summed E-state index contributed by atoms with van der Waals surface area (Å²) in [6.45, 7) is 0.606. The van der Waals surface area contributed by atoms with Gasteiger partial charge >= 0.3 is 0 Å². The summed E-state index contributed by atoms with van der Waals surface area (Å²) in [5, 5.41) is 3.76. The average Bonchev–Trinajstić information content (AvgIpc) is 2.37. The molecule has 0 aliphatic rings. The number of nitrogens with one attached hydrogen (secondary N) is 1. The van der Waals surface area contributed by atoms with E-state index in [0.717, 1.165) is 30.8 Å². The van der Waals surface area contributed by atoms with Crippen LogP contribution in [0.1, 0.15) is 29.6 Å². The standard InChI is InChI=1S/C13H18BrNO3S/c1-19(17,18)12-7-5-6-11(10-12)13(16)15-9-4-2-3-8-14/h5-7,10H,2-4,8-9H2,1H3,(H,15,16). The van der Waals surface area contributed by atoms with E-state index in [1.807, 2.05) is 0 Å². The molecule has 4 nitrogen and oxygen atoms in total. The van der Waals surface area contributed by atoms with Gasteiger partial charge in [0.05, 0.1) is 4.90 Å². The second kappa shape index (κ2) is 7.65. The van der Waals surface area contributed by atoms with Crippen LogP contribution in [-0.4, -0.2) is 32.5 Å². The summed E-state index contributed by atoms with van der Waals surface area (Å²) in [5.41, 5.74) is 0.378. The van der Waals surface area contributed by atoms with Crippen LogP contribution in [0.25, 0.3) is 0 Å². The lowest BCUT2D eigenvalue weighted by atomic mass is 10.2. The Morgan fingerprint density at radius 3 is 2.63 bits per heavy atom. The zero-order valence-electron chi connectivity index (χ0n) is 10.9. The molecule has 0 aromatic heterocycles. The van der Waals surface area contributed by atoms with Gasteiger partial charge in [0.1, 0.15) is 0 Å². The van der Waals surface area contributed by atoms with Crippen LogP contribution in [0.2, 0.25) is 0 Å². The van der Waals surface area contributed by atoms with Gasteiger partial charge < -0.3 is 5.32 Å². The maximum atomic E-state index is 11.8. The van der Waals surface area contributed by atoms with Gasteiger partial charge in [-0.1, -0.05) is 28.4 Å². The molecule has 0 bridgehead atoms. The number of hydrogen-bond acceptors (Lipinski definition) is 3. The van der Waals surface area contributed by atoms with Gasteiger partial charge in [-0.2, -0.15) is 0 Å². The summed E-state index contributed by atoms with van der Waals surface area (Å²) in [7, 11) is -3.28. The minimum absolute atomic E-state index is 0.166. The Bertz CT molecular complexity index is 528. The summed E-state index contributed by atoms with van der Waals surface area (Å²) in [6, 6.07) is 6.09. The van der Waals surface area contributed by atoms with Crippen molar-refractivity contribution in [3.8, 4) is 0 Å². The van der Waals surface area contributed by atoms with E-state index >= 15 is 0 Å². The molecule has 1 aromatic carbocycles. The van der Waals surface area contributed by atoms with Crippen molar-refractivity contribution >= 4 is 31.7 Å². The SMILES string of the molecule is CS(=O)(=O)c1cccc(C(=O)NCCCCCBr)c1. The molecule has 1 amide bonds. The normalized spacial score (nSPS) is 11.3. The monoisotopic (exact) mass is 347 g/mol. The van der Waals surface area contributed by atoms with Gasteiger partial charge in [0.25, 0.3) is 5.91 Å². The molecule has 0 unspecified atom stereocenters. The van der Waals surface area contributed by atoms with Gasteiger partial charge in [-0.05, 0) is 31.0 Å². The summed E-state index contributed by atoms with van der Waals surface area (Å²) in [6.07, 6.45) is 4.18. The number of carbonyl (C=O) groups excluding carboxylic acids is 1. The fourth-order valence-corrected chi connectivity index (χ4v) is 2.63. The van der Waals surface area contributed by atoms with E-state index in [2.05, 4.69) is 21.2 Å². The predicted molar refractivity (Wildman–Crippen MR) is 79.5 cm³/mol. The molecule has 0 saturated carbocycles. The lowest BCUT2D eigenvalue weighted by Crippen LogP contribution is -2.24. The van der Waals surface area contributed by atoms with Crippen LogP contribution in [0.15, 0.2) is 29.2 Å². The number of rotatable bonds is 7. The summed E-state index contributed by atoms with van der Waals surface area (Å²) in [4.78, 5) is 12.0. The number of unbranched alkanes of at least 4 members (excludes halogenated alkanes) is 2. The van der Waals surface area contributed by atoms with Crippen LogP contribution in [-0.2, 0) is 9.84 Å². The minimum Gasteiger partial charge on any atom is -0.352 e. The van der Waals surface area contributed by atoms with Crippen molar-refractivity contribution in [2.75, 3.05) is 18.1 Å². The van der Waals surface area contributed by atoms with Crippen molar-refractivity contribution in [2.45, 2.75) is 24.2 Å². The zero-order valence-corrected chi connectivity index (χ0v) is 13.3. The smallest absolute Gasteiger partial charge is 0.251 e. The third-order valence-electron chi connectivity index (χ3n) is 2.62. The largest absolute Gasteiger partial charge is 0.352 e. The fraction of sp³-hybridized carbons (Fsp3) is 0.462. The third kappa shape index (κ3) is 5.74. The number of carbonyl (C=O) groups is 1. The van der Waals surface area contributed by atoms with E-state index < -0.39 is 9.84 Å². The number of sulfone groups is 1. The second-order valence-corrected chi connectivity index (χ2v) is 7.11. The van der Waals surface area contributed by atoms with Gasteiger partial charge in [-0.3, -0.25) is 4.79 Å². The highest BCUT2D eigenvalue weighted by Gasteiger charge is 2.11. The van der Waals surface area contributed by atoms with Crippen LogP contribution < -0.4 is 5.32 Å². The maximum Gasteiger partial charge on any atom is 0.251 e. The van der Waals surface area contributed by atoms with E-state index in [9.17, 15) is 13.2 Å². The van der Waals surface area contributed by atoms with E-state index in [0.29, 0.717) is 12.1 Å². The maximum absolute atomic E-state index is 11.8. The van der Waals surface area contributed by atoms with E-state index in [-0.39, 0.29) is 10.8 Å². The summed E-state index contributed by atoms with van der Waals surface area (Å²) in [5.74, 6) is -0.232. The Morgan fingerprint density at radius 1 is 1.26 bits per heavy atom. The number of amides is 1. The van der Waals surface area contributed by atoms with Crippen molar-refractivity contribution in [2.24, 2.45) is 0 Å². The Kier molecular flexibility index (Phi) is 6.51. The van der Waals surface area contributed by atoms with Gasteiger partial charge in [0.2, 0.25) is 0 Å². The first-order chi connectivity index (χ1) is 8.95. The van der Waals surface area contributed by atoms with E-state index in [4.69, 9.17) is 0 Å². The molecule has 0 atom stereocenters. The molecule has 1 aromatic rings. The third-order valence-corrected chi connectivity index (χ3v) is 4.29. The number of alkyl halides is 1. The van der Waals surface area contributed by atoms with Gasteiger partial charge in [0.15, 0.2) is 9.84 Å². The summed E-state index contributed by atoms with van der Waals surface area (Å²) < 4.78 is 22.8. The highest BCUT2D eigenvalue weighted by atomic mass is 79.9. The van der Waals surface area contributed by atoms with Crippen LogP contribution >= 0.6 is 15.9 Å². The molecule has 0 spiro atoms. The highest BCUT2D eigenvalue weighted by Crippen LogP contribution is 2.11. The average molecular weight is 348 g/mol. The molecule has 1 rings (SSSR count). The molecular weight excluding hydrogens is 330 g/mol. The lowest BCUT2D eigenvalue weighted by molar-refractivity contribution is 0.0953. The molecule has 0 aliphatic carbocycles. The highest BCUT2D eigenvalue weighted by molar-refractivity contribution is 9.09. The molecule has 106 valence electrons. The van der Waals surface area contributed by atoms with Crippen molar-refractivity contribution in [3.05, 3.63) is 29.8 Å². The molecule has 0 heterocycles. The molecule has 19 heavy (non-hydrogen) atoms. The zero-order chi connectivity index (χ0) is 14.3. The Morgan fingerprint density at radius 2 is 2.00 bits per heavy atom. The van der Waals surface area contributed by atoms with Gasteiger partial charge in [-0.15, -0.1) is 0 Å². The minimum atomic E-state index is -3.28. The van der Waals surface area contributed by atoms with Gasteiger partial charge in [0, 0.05) is 23.7 Å². The van der Waals surface area contributed by atoms with Crippen molar-refractivity contribution in [1.29, 1.82) is 0 Å². The van der Waals surface area contributed by atoms with E-state index in [1.165, 1.54) is 12.1 Å². The molecule has 0 saturated heterocycles. The van der Waals surface area contributed by atoms with Crippen LogP contribution in [0, 0.1) is 0 Å². The second-order valence-electron chi connectivity index (χ2n) is 4.31. The topological polar surface area (TPSA) is 63.2 Å². The molecule has 0 fully saturated rings. The molecular formula is C13H18BrNO3S. The van der Waals surface area contributed by atoms with Crippen molar-refractivity contribution < 1.29 is 13.2 Å². The molecule has 6 heteroatoms. The van der Waals surface area contributed by atoms with Crippen LogP contribution in [0.4, 0.5) is 0 Å². The van der Waals surface area contributed by atoms with Gasteiger partial charge in [-0.25, -0.2) is 8.42 Å². The Balaban J connectivity index is 2.58.